The van der Waals surface area contributed by atoms with E-state index in [1.807, 2.05) is 32.9 Å². The number of hydrogen-bond acceptors (Lipinski definition) is 3. The quantitative estimate of drug-likeness (QED) is 0.837. The molecule has 0 atom stereocenters. The molecule has 0 spiro atoms. The van der Waals surface area contributed by atoms with Gasteiger partial charge in [-0.3, -0.25) is 4.79 Å². The molecule has 0 saturated heterocycles. The van der Waals surface area contributed by atoms with E-state index in [9.17, 15) is 4.79 Å². The average molecular weight is 280 g/mol. The summed E-state index contributed by atoms with van der Waals surface area (Å²) < 4.78 is 5.55. The molecule has 0 aliphatic heterocycles. The topological polar surface area (TPSA) is 55.6 Å². The number of nitrogens with zero attached hydrogens (tertiary/aromatic N) is 1. The molecule has 0 unspecified atom stereocenters. The molecule has 4 nitrogen and oxygen atoms in total. The van der Waals surface area contributed by atoms with Gasteiger partial charge in [-0.15, -0.1) is 0 Å². The van der Waals surface area contributed by atoms with Gasteiger partial charge in [-0.05, 0) is 32.4 Å². The second-order valence-electron chi connectivity index (χ2n) is 4.73. The fourth-order valence-electron chi connectivity index (χ4n) is 1.44. The minimum atomic E-state index is -0.0601. The first kappa shape index (κ1) is 15.4. The summed E-state index contributed by atoms with van der Waals surface area (Å²) in [4.78, 5) is 13.8. The number of aryl methyl sites for hydroxylation is 1. The number of nitrogens with two attached hydrogens (primary N) is 1. The minimum absolute atomic E-state index is 0.0102. The van der Waals surface area contributed by atoms with Gasteiger partial charge in [0, 0.05) is 18.7 Å². The molecule has 0 aliphatic carbocycles. The smallest absolute Gasteiger partial charge is 0.260 e. The Balaban J connectivity index is 2.75. The van der Waals surface area contributed by atoms with Crippen LogP contribution in [-0.4, -0.2) is 35.5 Å². The third kappa shape index (κ3) is 4.21. The number of thiocarbonyl (C=S) groups is 1. The van der Waals surface area contributed by atoms with Gasteiger partial charge in [0.1, 0.15) is 10.7 Å². The van der Waals surface area contributed by atoms with Crippen molar-refractivity contribution < 1.29 is 9.53 Å². The molecule has 1 aromatic rings. The van der Waals surface area contributed by atoms with Crippen LogP contribution in [0.3, 0.4) is 0 Å². The molecule has 2 N–H and O–H groups in total. The van der Waals surface area contributed by atoms with E-state index >= 15 is 0 Å². The zero-order valence-electron chi connectivity index (χ0n) is 11.8. The molecule has 0 bridgehead atoms. The number of likely N-dealkylation sites (N-methyl/N-ethyl adjacent to an activating group) is 1. The van der Waals surface area contributed by atoms with E-state index in [-0.39, 0.29) is 18.6 Å². The van der Waals surface area contributed by atoms with Crippen molar-refractivity contribution in [1.82, 2.24) is 4.90 Å². The van der Waals surface area contributed by atoms with E-state index in [1.165, 1.54) is 0 Å². The molecule has 5 heteroatoms. The van der Waals surface area contributed by atoms with Gasteiger partial charge < -0.3 is 15.4 Å². The lowest BCUT2D eigenvalue weighted by Crippen LogP contribution is -2.36. The summed E-state index contributed by atoms with van der Waals surface area (Å²) in [6.45, 7) is 5.83. The first-order valence-corrected chi connectivity index (χ1v) is 6.52. The number of amides is 1. The van der Waals surface area contributed by atoms with E-state index in [4.69, 9.17) is 22.7 Å². The molecular formula is C14H20N2O2S. The van der Waals surface area contributed by atoms with E-state index in [0.717, 1.165) is 11.1 Å². The van der Waals surface area contributed by atoms with Crippen LogP contribution >= 0.6 is 12.2 Å². The highest BCUT2D eigenvalue weighted by molar-refractivity contribution is 7.80. The van der Waals surface area contributed by atoms with Crippen molar-refractivity contribution in [3.05, 3.63) is 29.3 Å². The Bertz CT molecular complexity index is 486. The largest absolute Gasteiger partial charge is 0.483 e. The molecule has 104 valence electrons. The maximum absolute atomic E-state index is 11.8. The maximum Gasteiger partial charge on any atom is 0.260 e. The Kier molecular flexibility index (Phi) is 5.30. The summed E-state index contributed by atoms with van der Waals surface area (Å²) in [5.41, 5.74) is 7.26. The molecule has 0 aromatic heterocycles. The van der Waals surface area contributed by atoms with Crippen molar-refractivity contribution in [3.63, 3.8) is 0 Å². The fourth-order valence-corrected chi connectivity index (χ4v) is 1.57. The van der Waals surface area contributed by atoms with Crippen LogP contribution in [0.4, 0.5) is 0 Å². The Morgan fingerprint density at radius 2 is 2.11 bits per heavy atom. The number of carbonyl (C=O) groups excluding carboxylic acids is 1. The Morgan fingerprint density at radius 3 is 2.63 bits per heavy atom. The van der Waals surface area contributed by atoms with Crippen molar-refractivity contribution in [3.8, 4) is 5.75 Å². The van der Waals surface area contributed by atoms with Crippen LogP contribution in [0.2, 0.25) is 0 Å². The summed E-state index contributed by atoms with van der Waals surface area (Å²) in [5, 5.41) is 0. The lowest BCUT2D eigenvalue weighted by molar-refractivity contribution is -0.133. The second-order valence-corrected chi connectivity index (χ2v) is 5.17. The van der Waals surface area contributed by atoms with Gasteiger partial charge in [-0.25, -0.2) is 0 Å². The van der Waals surface area contributed by atoms with Crippen LogP contribution in [0.15, 0.2) is 18.2 Å². The highest BCUT2D eigenvalue weighted by Gasteiger charge is 2.13. The number of hydrogen-bond donors (Lipinski definition) is 1. The Labute approximate surface area is 119 Å². The van der Waals surface area contributed by atoms with Crippen LogP contribution in [0.25, 0.3) is 0 Å². The molecule has 1 amide bonds. The average Bonchev–Trinajstić information content (AvgIpc) is 2.35. The van der Waals surface area contributed by atoms with Crippen LogP contribution in [-0.2, 0) is 4.79 Å². The van der Waals surface area contributed by atoms with E-state index < -0.39 is 0 Å². The van der Waals surface area contributed by atoms with E-state index in [1.54, 1.807) is 18.0 Å². The van der Waals surface area contributed by atoms with Crippen molar-refractivity contribution in [2.45, 2.75) is 26.8 Å². The third-order valence-electron chi connectivity index (χ3n) is 2.99. The SMILES string of the molecule is Cc1ccc(C(N)=S)cc1OCC(=O)N(C)C(C)C. The molecule has 0 heterocycles. The predicted octanol–water partition coefficient (Wildman–Crippen LogP) is 1.87. The first-order chi connectivity index (χ1) is 8.82. The third-order valence-corrected chi connectivity index (χ3v) is 3.23. The maximum atomic E-state index is 11.8. The van der Waals surface area contributed by atoms with Crippen LogP contribution < -0.4 is 10.5 Å². The summed E-state index contributed by atoms with van der Waals surface area (Å²) in [6, 6.07) is 5.63. The first-order valence-electron chi connectivity index (χ1n) is 6.12. The second kappa shape index (κ2) is 6.52. The van der Waals surface area contributed by atoms with Gasteiger partial charge in [0.2, 0.25) is 0 Å². The molecule has 1 aromatic carbocycles. The number of benzene rings is 1. The molecule has 0 saturated carbocycles. The Hall–Kier alpha value is -1.62. The molecule has 0 aliphatic rings. The summed E-state index contributed by atoms with van der Waals surface area (Å²) >= 11 is 4.92. The number of carbonyl (C=O) groups is 1. The molecule has 0 radical (unpaired) electrons. The highest BCUT2D eigenvalue weighted by Crippen LogP contribution is 2.19. The zero-order valence-corrected chi connectivity index (χ0v) is 12.6. The van der Waals surface area contributed by atoms with E-state index in [2.05, 4.69) is 0 Å². The van der Waals surface area contributed by atoms with Crippen molar-refractivity contribution >= 4 is 23.1 Å². The molecule has 0 fully saturated rings. The summed E-state index contributed by atoms with van der Waals surface area (Å²) in [6.07, 6.45) is 0. The van der Waals surface area contributed by atoms with Gasteiger partial charge in [-0.2, -0.15) is 0 Å². The summed E-state index contributed by atoms with van der Waals surface area (Å²) in [7, 11) is 1.76. The minimum Gasteiger partial charge on any atom is -0.483 e. The predicted molar refractivity (Wildman–Crippen MR) is 80.5 cm³/mol. The standard InChI is InChI=1S/C14H20N2O2S/c1-9(2)16(4)13(17)8-18-12-7-11(14(15)19)6-5-10(12)3/h5-7,9H,8H2,1-4H3,(H2,15,19). The highest BCUT2D eigenvalue weighted by atomic mass is 32.1. The zero-order chi connectivity index (χ0) is 14.6. The summed E-state index contributed by atoms with van der Waals surface area (Å²) in [5.74, 6) is 0.575. The van der Waals surface area contributed by atoms with Crippen molar-refractivity contribution in [2.75, 3.05) is 13.7 Å². The van der Waals surface area contributed by atoms with Gasteiger partial charge in [0.25, 0.3) is 5.91 Å². The van der Waals surface area contributed by atoms with E-state index in [0.29, 0.717) is 10.7 Å². The lowest BCUT2D eigenvalue weighted by atomic mass is 10.1. The van der Waals surface area contributed by atoms with Gasteiger partial charge >= 0.3 is 0 Å². The van der Waals surface area contributed by atoms with Crippen LogP contribution in [0, 0.1) is 6.92 Å². The monoisotopic (exact) mass is 280 g/mol. The Morgan fingerprint density at radius 1 is 1.47 bits per heavy atom. The van der Waals surface area contributed by atoms with Gasteiger partial charge in [-0.1, -0.05) is 24.4 Å². The normalized spacial score (nSPS) is 10.4. The van der Waals surface area contributed by atoms with Crippen LogP contribution in [0.1, 0.15) is 25.0 Å². The number of rotatable bonds is 5. The van der Waals surface area contributed by atoms with Gasteiger partial charge in [0.05, 0.1) is 0 Å². The van der Waals surface area contributed by atoms with Crippen molar-refractivity contribution in [2.24, 2.45) is 5.73 Å². The molecular weight excluding hydrogens is 260 g/mol. The molecule has 1 rings (SSSR count). The fraction of sp³-hybridized carbons (Fsp3) is 0.429. The van der Waals surface area contributed by atoms with Gasteiger partial charge in [0.15, 0.2) is 6.61 Å². The lowest BCUT2D eigenvalue weighted by Gasteiger charge is -2.21. The van der Waals surface area contributed by atoms with Crippen LogP contribution in [0.5, 0.6) is 5.75 Å². The van der Waals surface area contributed by atoms with Crippen molar-refractivity contribution in [1.29, 1.82) is 0 Å². The number of ether oxygens (including phenoxy) is 1. The molecule has 19 heavy (non-hydrogen) atoms.